The second-order valence-electron chi connectivity index (χ2n) is 6.53. The molecule has 1 N–H and O–H groups in total. The lowest BCUT2D eigenvalue weighted by Crippen LogP contribution is -2.23. The van der Waals surface area contributed by atoms with Crippen LogP contribution in [0.2, 0.25) is 0 Å². The zero-order valence-corrected chi connectivity index (χ0v) is 15.8. The highest BCUT2D eigenvalue weighted by atomic mass is 79.9. The second-order valence-corrected chi connectivity index (χ2v) is 7.45. The molecule has 0 unspecified atom stereocenters. The lowest BCUT2D eigenvalue weighted by atomic mass is 10.2. The third-order valence-corrected chi connectivity index (χ3v) is 5.16. The van der Waals surface area contributed by atoms with Crippen LogP contribution in [0.1, 0.15) is 34.9 Å². The number of nitrogens with zero attached hydrogens (tertiary/aromatic N) is 5. The van der Waals surface area contributed by atoms with Crippen LogP contribution in [-0.4, -0.2) is 30.6 Å². The van der Waals surface area contributed by atoms with Gasteiger partial charge in [0.05, 0.1) is 22.4 Å². The van der Waals surface area contributed by atoms with Crippen molar-refractivity contribution < 1.29 is 4.79 Å². The first-order valence-electron chi connectivity index (χ1n) is 8.66. The highest BCUT2D eigenvalue weighted by molar-refractivity contribution is 9.10. The van der Waals surface area contributed by atoms with E-state index in [0.29, 0.717) is 11.6 Å². The number of amides is 1. The third-order valence-electron chi connectivity index (χ3n) is 4.63. The summed E-state index contributed by atoms with van der Waals surface area (Å²) in [4.78, 5) is 17.2. The highest BCUT2D eigenvalue weighted by Gasteiger charge is 2.34. The Hall–Kier alpha value is -3.00. The number of nitrogens with one attached hydrogen (secondary N) is 1. The Kier molecular flexibility index (Phi) is 3.78. The van der Waals surface area contributed by atoms with Gasteiger partial charge in [0.25, 0.3) is 5.91 Å². The molecule has 8 heteroatoms. The minimum absolute atomic E-state index is 0.289. The molecule has 2 aromatic carbocycles. The Morgan fingerprint density at radius 3 is 2.67 bits per heavy atom. The van der Waals surface area contributed by atoms with E-state index in [4.69, 9.17) is 0 Å². The molecule has 4 aromatic rings. The summed E-state index contributed by atoms with van der Waals surface area (Å²) >= 11 is 3.44. The monoisotopic (exact) mass is 422 g/mol. The van der Waals surface area contributed by atoms with Gasteiger partial charge in [-0.15, -0.1) is 5.10 Å². The molecule has 0 spiro atoms. The highest BCUT2D eigenvalue weighted by Crippen LogP contribution is 2.42. The fourth-order valence-corrected chi connectivity index (χ4v) is 3.42. The van der Waals surface area contributed by atoms with E-state index in [9.17, 15) is 4.79 Å². The summed E-state index contributed by atoms with van der Waals surface area (Å²) < 4.78 is 4.38. The number of para-hydroxylation sites is 2. The van der Waals surface area contributed by atoms with Gasteiger partial charge in [-0.2, -0.15) is 0 Å². The molecule has 0 aliphatic heterocycles. The van der Waals surface area contributed by atoms with Crippen LogP contribution < -0.4 is 5.43 Å². The SMILES string of the molecule is O=C(Nn1cnc2ccccc21)c1nnn(-c2ccc(Br)cc2)c1C1CC1. The van der Waals surface area contributed by atoms with Crippen LogP contribution in [0.3, 0.4) is 0 Å². The van der Waals surface area contributed by atoms with Crippen LogP contribution in [0.5, 0.6) is 0 Å². The maximum atomic E-state index is 12.9. The van der Waals surface area contributed by atoms with Crippen LogP contribution in [-0.2, 0) is 0 Å². The van der Waals surface area contributed by atoms with E-state index in [1.165, 1.54) is 0 Å². The number of rotatable bonds is 4. The van der Waals surface area contributed by atoms with E-state index in [1.807, 2.05) is 48.5 Å². The van der Waals surface area contributed by atoms with Crippen molar-refractivity contribution >= 4 is 32.9 Å². The molecule has 2 aromatic heterocycles. The van der Waals surface area contributed by atoms with Crippen molar-refractivity contribution in [2.45, 2.75) is 18.8 Å². The first-order chi connectivity index (χ1) is 13.2. The maximum absolute atomic E-state index is 12.9. The Bertz CT molecular complexity index is 1140. The number of carbonyl (C=O) groups is 1. The Morgan fingerprint density at radius 2 is 1.89 bits per heavy atom. The van der Waals surface area contributed by atoms with Crippen molar-refractivity contribution in [3.8, 4) is 5.69 Å². The second kappa shape index (κ2) is 6.31. The van der Waals surface area contributed by atoms with Crippen LogP contribution >= 0.6 is 15.9 Å². The molecule has 134 valence electrons. The number of benzene rings is 2. The Labute approximate surface area is 163 Å². The number of hydrogen-bond donors (Lipinski definition) is 1. The normalized spacial score (nSPS) is 13.8. The summed E-state index contributed by atoms with van der Waals surface area (Å²) in [5.74, 6) is 0.0207. The quantitative estimate of drug-likeness (QED) is 0.544. The third kappa shape index (κ3) is 2.91. The molecule has 27 heavy (non-hydrogen) atoms. The lowest BCUT2D eigenvalue weighted by Gasteiger charge is -2.09. The van der Waals surface area contributed by atoms with E-state index < -0.39 is 0 Å². The fourth-order valence-electron chi connectivity index (χ4n) is 3.16. The fraction of sp³-hybridized carbons (Fsp3) is 0.158. The van der Waals surface area contributed by atoms with Crippen molar-refractivity contribution in [2.75, 3.05) is 5.43 Å². The molecule has 2 heterocycles. The van der Waals surface area contributed by atoms with Crippen LogP contribution in [0, 0.1) is 0 Å². The number of halogens is 1. The van der Waals surface area contributed by atoms with Gasteiger partial charge >= 0.3 is 0 Å². The lowest BCUT2D eigenvalue weighted by molar-refractivity contribution is 0.100. The Morgan fingerprint density at radius 1 is 1.11 bits per heavy atom. The van der Waals surface area contributed by atoms with Gasteiger partial charge in [0, 0.05) is 10.4 Å². The largest absolute Gasteiger partial charge is 0.292 e. The van der Waals surface area contributed by atoms with Crippen LogP contribution in [0.15, 0.2) is 59.3 Å². The minimum atomic E-state index is -0.289. The van der Waals surface area contributed by atoms with Crippen molar-refractivity contribution in [2.24, 2.45) is 0 Å². The molecule has 1 amide bonds. The van der Waals surface area contributed by atoms with Gasteiger partial charge in [0.15, 0.2) is 5.69 Å². The molecule has 7 nitrogen and oxygen atoms in total. The van der Waals surface area contributed by atoms with Gasteiger partial charge in [-0.05, 0) is 49.2 Å². The van der Waals surface area contributed by atoms with Gasteiger partial charge in [0.1, 0.15) is 6.33 Å². The van der Waals surface area contributed by atoms with Gasteiger partial charge < -0.3 is 0 Å². The zero-order chi connectivity index (χ0) is 18.4. The predicted octanol–water partition coefficient (Wildman–Crippen LogP) is 3.64. The summed E-state index contributed by atoms with van der Waals surface area (Å²) in [5.41, 5.74) is 6.63. The van der Waals surface area contributed by atoms with Crippen LogP contribution in [0.25, 0.3) is 16.7 Å². The van der Waals surface area contributed by atoms with Crippen molar-refractivity contribution in [1.82, 2.24) is 24.7 Å². The average Bonchev–Trinajstić information content (AvgIpc) is 3.30. The molecule has 5 rings (SSSR count). The van der Waals surface area contributed by atoms with Crippen molar-refractivity contribution in [1.29, 1.82) is 0 Å². The summed E-state index contributed by atoms with van der Waals surface area (Å²) in [6.07, 6.45) is 3.68. The standard InChI is InChI=1S/C19H15BrN6O/c20-13-7-9-14(10-8-13)26-18(12-5-6-12)17(22-24-26)19(27)23-25-11-21-15-3-1-2-4-16(15)25/h1-4,7-12H,5-6H2,(H,23,27). The molecule has 1 aliphatic carbocycles. The summed E-state index contributed by atoms with van der Waals surface area (Å²) in [7, 11) is 0. The van der Waals surface area contributed by atoms with Gasteiger partial charge in [0.2, 0.25) is 0 Å². The molecule has 0 radical (unpaired) electrons. The number of hydrogen-bond acceptors (Lipinski definition) is 4. The number of fused-ring (bicyclic) bond motifs is 1. The molecule has 1 saturated carbocycles. The number of aromatic nitrogens is 5. The van der Waals surface area contributed by atoms with Crippen LogP contribution in [0.4, 0.5) is 0 Å². The van der Waals surface area contributed by atoms with E-state index in [1.54, 1.807) is 15.7 Å². The topological polar surface area (TPSA) is 77.6 Å². The summed E-state index contributed by atoms with van der Waals surface area (Å²) in [6, 6.07) is 15.4. The van der Waals surface area contributed by atoms with Crippen molar-refractivity contribution in [3.05, 3.63) is 70.7 Å². The van der Waals surface area contributed by atoms with Gasteiger partial charge in [-0.25, -0.2) is 14.3 Å². The van der Waals surface area contributed by atoms with E-state index >= 15 is 0 Å². The molecular weight excluding hydrogens is 408 g/mol. The molecule has 1 aliphatic rings. The van der Waals surface area contributed by atoms with E-state index in [0.717, 1.165) is 39.7 Å². The molecule has 0 saturated heterocycles. The zero-order valence-electron chi connectivity index (χ0n) is 14.2. The predicted molar refractivity (Wildman–Crippen MR) is 104 cm³/mol. The van der Waals surface area contributed by atoms with Crippen molar-refractivity contribution in [3.63, 3.8) is 0 Å². The first-order valence-corrected chi connectivity index (χ1v) is 9.45. The van der Waals surface area contributed by atoms with E-state index in [-0.39, 0.29) is 5.91 Å². The summed E-state index contributed by atoms with van der Waals surface area (Å²) in [6.45, 7) is 0. The maximum Gasteiger partial charge on any atom is 0.292 e. The first kappa shape index (κ1) is 16.2. The van der Waals surface area contributed by atoms with Gasteiger partial charge in [-0.3, -0.25) is 10.2 Å². The Balaban J connectivity index is 1.51. The van der Waals surface area contributed by atoms with Gasteiger partial charge in [-0.1, -0.05) is 33.3 Å². The number of carbonyl (C=O) groups excluding carboxylic acids is 1. The molecule has 1 fully saturated rings. The molecular formula is C19H15BrN6O. The van der Waals surface area contributed by atoms with E-state index in [2.05, 4.69) is 36.7 Å². The molecule has 0 bridgehead atoms. The average molecular weight is 423 g/mol. The smallest absolute Gasteiger partial charge is 0.265 e. The molecule has 0 atom stereocenters. The summed E-state index contributed by atoms with van der Waals surface area (Å²) in [5, 5.41) is 8.45. The minimum Gasteiger partial charge on any atom is -0.265 e. The number of imidazole rings is 1.